The van der Waals surface area contributed by atoms with Gasteiger partial charge in [0.1, 0.15) is 0 Å². The Balaban J connectivity index is 1.88. The van der Waals surface area contributed by atoms with E-state index >= 15 is 0 Å². The zero-order valence-corrected chi connectivity index (χ0v) is 15.5. The van der Waals surface area contributed by atoms with Crippen molar-refractivity contribution in [3.63, 3.8) is 0 Å². The molecule has 0 saturated heterocycles. The maximum absolute atomic E-state index is 12.5. The molecule has 27 heavy (non-hydrogen) atoms. The third-order valence-corrected chi connectivity index (χ3v) is 5.47. The van der Waals surface area contributed by atoms with Gasteiger partial charge in [-0.3, -0.25) is 9.55 Å². The number of hydrogen-bond acceptors (Lipinski definition) is 5. The summed E-state index contributed by atoms with van der Waals surface area (Å²) in [6, 6.07) is 6.94. The van der Waals surface area contributed by atoms with Crippen molar-refractivity contribution in [2.75, 3.05) is 0 Å². The van der Waals surface area contributed by atoms with Crippen LogP contribution in [0.15, 0.2) is 46.5 Å². The molecule has 4 aromatic rings. The summed E-state index contributed by atoms with van der Waals surface area (Å²) in [5.74, 6) is 0. The molecule has 4 rings (SSSR count). The zero-order chi connectivity index (χ0) is 19.3. The normalized spacial score (nSPS) is 12.1. The van der Waals surface area contributed by atoms with E-state index in [0.717, 1.165) is 27.5 Å². The van der Waals surface area contributed by atoms with E-state index in [9.17, 15) is 13.2 Å². The monoisotopic (exact) mass is 383 g/mol. The Bertz CT molecular complexity index is 1350. The van der Waals surface area contributed by atoms with Crippen LogP contribution in [0, 0.1) is 13.8 Å². The Morgan fingerprint density at radius 1 is 1.11 bits per heavy atom. The predicted octanol–water partition coefficient (Wildman–Crippen LogP) is 1.59. The molecule has 8 nitrogen and oxygen atoms in total. The lowest BCUT2D eigenvalue weighted by atomic mass is 10.1. The lowest BCUT2D eigenvalue weighted by molar-refractivity contribution is 0.594. The minimum Gasteiger partial charge on any atom is -0.304 e. The fraction of sp³-hybridized carbons (Fsp3) is 0.167. The highest BCUT2D eigenvalue weighted by Gasteiger charge is 2.14. The summed E-state index contributed by atoms with van der Waals surface area (Å²) in [7, 11) is -3.86. The number of hydrogen-bond donors (Lipinski definition) is 2. The van der Waals surface area contributed by atoms with Crippen molar-refractivity contribution in [1.82, 2.24) is 19.5 Å². The van der Waals surface area contributed by atoms with Gasteiger partial charge in [0.05, 0.1) is 29.3 Å². The average Bonchev–Trinajstić information content (AvgIpc) is 2.92. The van der Waals surface area contributed by atoms with Crippen molar-refractivity contribution in [2.45, 2.75) is 25.4 Å². The largest absolute Gasteiger partial charge is 0.326 e. The van der Waals surface area contributed by atoms with Crippen LogP contribution in [0.25, 0.3) is 21.9 Å². The molecule has 0 bridgehead atoms. The third kappa shape index (κ3) is 3.00. The second-order valence-corrected chi connectivity index (χ2v) is 8.05. The molecule has 3 aromatic heterocycles. The smallest absolute Gasteiger partial charge is 0.304 e. The van der Waals surface area contributed by atoms with Gasteiger partial charge in [0.15, 0.2) is 5.03 Å². The summed E-state index contributed by atoms with van der Waals surface area (Å²) in [6.45, 7) is 4.27. The highest BCUT2D eigenvalue weighted by Crippen LogP contribution is 2.25. The second-order valence-electron chi connectivity index (χ2n) is 6.54. The molecule has 0 aliphatic carbocycles. The predicted molar refractivity (Wildman–Crippen MR) is 102 cm³/mol. The number of pyridine rings is 2. The van der Waals surface area contributed by atoms with Crippen LogP contribution in [0.1, 0.15) is 16.7 Å². The molecule has 0 aliphatic rings. The van der Waals surface area contributed by atoms with Crippen molar-refractivity contribution in [3.8, 4) is 0 Å². The van der Waals surface area contributed by atoms with E-state index < -0.39 is 10.0 Å². The van der Waals surface area contributed by atoms with E-state index in [1.165, 1.54) is 12.3 Å². The molecule has 0 spiro atoms. The Morgan fingerprint density at radius 2 is 1.85 bits per heavy atom. The molecule has 0 atom stereocenters. The fourth-order valence-electron chi connectivity index (χ4n) is 3.11. The van der Waals surface area contributed by atoms with Gasteiger partial charge < -0.3 is 4.98 Å². The number of rotatable bonds is 3. The van der Waals surface area contributed by atoms with Gasteiger partial charge >= 0.3 is 5.69 Å². The van der Waals surface area contributed by atoms with Crippen LogP contribution in [0.3, 0.4) is 0 Å². The van der Waals surface area contributed by atoms with Crippen molar-refractivity contribution in [3.05, 3.63) is 63.8 Å². The number of nitrogens with zero attached hydrogens (tertiary/aromatic N) is 3. The first-order valence-electron chi connectivity index (χ1n) is 8.20. The number of sulfonamides is 1. The van der Waals surface area contributed by atoms with Crippen LogP contribution >= 0.6 is 0 Å². The third-order valence-electron chi connectivity index (χ3n) is 4.64. The number of aromatic amines is 1. The maximum Gasteiger partial charge on any atom is 0.326 e. The molecule has 0 unspecified atom stereocenters. The Morgan fingerprint density at radius 3 is 2.52 bits per heavy atom. The summed E-state index contributed by atoms with van der Waals surface area (Å²) < 4.78 is 24.3. The van der Waals surface area contributed by atoms with E-state index in [1.54, 1.807) is 16.8 Å². The molecular formula is C18H17N5O3S. The van der Waals surface area contributed by atoms with E-state index in [0.29, 0.717) is 11.1 Å². The molecule has 0 aliphatic heterocycles. The highest BCUT2D eigenvalue weighted by molar-refractivity contribution is 7.89. The summed E-state index contributed by atoms with van der Waals surface area (Å²) in [5, 5.41) is 5.74. The number of imidazole rings is 1. The first-order valence-corrected chi connectivity index (χ1v) is 9.75. The first-order chi connectivity index (χ1) is 12.7. The molecule has 3 heterocycles. The van der Waals surface area contributed by atoms with Gasteiger partial charge in [0.25, 0.3) is 10.0 Å². The topological polar surface area (TPSA) is 124 Å². The molecule has 0 fully saturated rings. The van der Waals surface area contributed by atoms with Crippen LogP contribution in [0.5, 0.6) is 0 Å². The number of nitrogens with one attached hydrogen (secondary N) is 1. The van der Waals surface area contributed by atoms with E-state index in [1.807, 2.05) is 26.0 Å². The van der Waals surface area contributed by atoms with Crippen LogP contribution in [-0.4, -0.2) is 27.9 Å². The molecule has 0 radical (unpaired) electrons. The molecule has 1 aromatic carbocycles. The Kier molecular flexibility index (Phi) is 3.86. The molecule has 138 valence electrons. The lowest BCUT2D eigenvalue weighted by Crippen LogP contribution is -2.18. The zero-order valence-electron chi connectivity index (χ0n) is 14.7. The SMILES string of the molecule is Cc1cc2ncc3[nH]c(=O)n(Cc4ccc(S(N)(=O)=O)nc4)c3c2cc1C. The van der Waals surface area contributed by atoms with Crippen molar-refractivity contribution >= 4 is 32.0 Å². The average molecular weight is 383 g/mol. The number of aromatic nitrogens is 4. The van der Waals surface area contributed by atoms with Crippen LogP contribution in [0.4, 0.5) is 0 Å². The minimum atomic E-state index is -3.86. The fourth-order valence-corrected chi connectivity index (χ4v) is 3.57. The van der Waals surface area contributed by atoms with Gasteiger partial charge in [0, 0.05) is 11.6 Å². The number of benzene rings is 1. The Labute approximate surface area is 154 Å². The molecule has 0 saturated carbocycles. The molecule has 9 heteroatoms. The summed E-state index contributed by atoms with van der Waals surface area (Å²) >= 11 is 0. The van der Waals surface area contributed by atoms with Gasteiger partial charge in [-0.1, -0.05) is 6.07 Å². The summed E-state index contributed by atoms with van der Waals surface area (Å²) in [5.41, 5.74) is 4.85. The van der Waals surface area contributed by atoms with Crippen molar-refractivity contribution in [1.29, 1.82) is 0 Å². The van der Waals surface area contributed by atoms with Gasteiger partial charge in [0.2, 0.25) is 0 Å². The van der Waals surface area contributed by atoms with E-state index in [4.69, 9.17) is 5.14 Å². The Hall–Kier alpha value is -3.04. The number of H-pyrrole nitrogens is 1. The van der Waals surface area contributed by atoms with Crippen LogP contribution in [-0.2, 0) is 16.6 Å². The van der Waals surface area contributed by atoms with Gasteiger partial charge in [-0.15, -0.1) is 0 Å². The van der Waals surface area contributed by atoms with Gasteiger partial charge in [-0.2, -0.15) is 0 Å². The van der Waals surface area contributed by atoms with Crippen molar-refractivity contribution < 1.29 is 8.42 Å². The standard InChI is InChI=1S/C18H17N5O3S/c1-10-5-13-14(6-11(10)2)20-8-15-17(13)23(18(24)22-15)9-12-3-4-16(21-7-12)27(19,25)26/h3-8H,9H2,1-2H3,(H,22,24)(H2,19,25,26). The number of fused-ring (bicyclic) bond motifs is 3. The van der Waals surface area contributed by atoms with E-state index in [-0.39, 0.29) is 17.3 Å². The summed E-state index contributed by atoms with van der Waals surface area (Å²) in [6.07, 6.45) is 3.05. The number of primary sulfonamides is 1. The molecule has 0 amide bonds. The first kappa shape index (κ1) is 17.4. The maximum atomic E-state index is 12.5. The second kappa shape index (κ2) is 6.00. The van der Waals surface area contributed by atoms with Crippen LogP contribution in [0.2, 0.25) is 0 Å². The molecule has 3 N–H and O–H groups in total. The van der Waals surface area contributed by atoms with E-state index in [2.05, 4.69) is 15.0 Å². The van der Waals surface area contributed by atoms with Gasteiger partial charge in [-0.25, -0.2) is 23.3 Å². The minimum absolute atomic E-state index is 0.210. The quantitative estimate of drug-likeness (QED) is 0.556. The van der Waals surface area contributed by atoms with Gasteiger partial charge in [-0.05, 0) is 48.7 Å². The van der Waals surface area contributed by atoms with Crippen molar-refractivity contribution in [2.24, 2.45) is 5.14 Å². The highest BCUT2D eigenvalue weighted by atomic mass is 32.2. The number of aryl methyl sites for hydroxylation is 2. The summed E-state index contributed by atoms with van der Waals surface area (Å²) in [4.78, 5) is 23.6. The molecular weight excluding hydrogens is 366 g/mol. The number of nitrogens with two attached hydrogens (primary N) is 1. The lowest BCUT2D eigenvalue weighted by Gasteiger charge is -2.08. The van der Waals surface area contributed by atoms with Crippen LogP contribution < -0.4 is 10.8 Å².